The fraction of sp³-hybridized carbons (Fsp3) is 0.930. The predicted octanol–water partition coefficient (Wildman–Crippen LogP) is 12.8. The molecular weight excluding hydrogens is 705 g/mol. The maximum Gasteiger partial charge on any atom is 0.472 e. The third kappa shape index (κ3) is 40.1. The molecule has 0 spiro atoms. The molecule has 10 nitrogen and oxygen atoms in total. The zero-order chi connectivity index (χ0) is 39.6. The lowest BCUT2D eigenvalue weighted by Crippen LogP contribution is -2.29. The molecule has 0 heterocycles. The van der Waals surface area contributed by atoms with E-state index in [1.54, 1.807) is 0 Å². The van der Waals surface area contributed by atoms with Crippen LogP contribution in [0, 0.1) is 0 Å². The van der Waals surface area contributed by atoms with Crippen molar-refractivity contribution in [3.63, 3.8) is 0 Å². The van der Waals surface area contributed by atoms with Crippen molar-refractivity contribution in [2.45, 2.75) is 232 Å². The van der Waals surface area contributed by atoms with E-state index in [0.717, 1.165) is 38.5 Å². The summed E-state index contributed by atoms with van der Waals surface area (Å²) >= 11 is 0. The Hall–Kier alpha value is -1.57. The van der Waals surface area contributed by atoms with E-state index in [1.807, 2.05) is 0 Å². The Bertz CT molecular complexity index is 944. The van der Waals surface area contributed by atoms with Gasteiger partial charge in [-0.15, -0.1) is 0 Å². The molecule has 0 aliphatic carbocycles. The zero-order valence-electron chi connectivity index (χ0n) is 34.8. The van der Waals surface area contributed by atoms with Crippen LogP contribution in [0.4, 0.5) is 0 Å². The summed E-state index contributed by atoms with van der Waals surface area (Å²) in [6.45, 7) is 3.28. The second-order valence-electron chi connectivity index (χ2n) is 15.1. The minimum absolute atomic E-state index is 0.147. The molecule has 0 fully saturated rings. The molecule has 0 aliphatic rings. The number of hydrogen-bond donors (Lipinski definition) is 1. The van der Waals surface area contributed by atoms with Gasteiger partial charge in [-0.2, -0.15) is 0 Å². The predicted molar refractivity (Wildman–Crippen MR) is 219 cm³/mol. The number of hydrogen-bond acceptors (Lipinski definition) is 9. The minimum atomic E-state index is -4.50. The number of isocyanates is 1. The van der Waals surface area contributed by atoms with E-state index in [0.29, 0.717) is 6.42 Å². The van der Waals surface area contributed by atoms with Crippen molar-refractivity contribution in [2.75, 3.05) is 26.4 Å². The van der Waals surface area contributed by atoms with Gasteiger partial charge in [0.15, 0.2) is 6.10 Å². The quantitative estimate of drug-likeness (QED) is 0.0210. The monoisotopic (exact) mass is 788 g/mol. The molecule has 0 aromatic heterocycles. The minimum Gasteiger partial charge on any atom is -0.462 e. The van der Waals surface area contributed by atoms with Crippen LogP contribution in [0.1, 0.15) is 226 Å². The van der Waals surface area contributed by atoms with Crippen molar-refractivity contribution in [2.24, 2.45) is 4.99 Å². The summed E-state index contributed by atoms with van der Waals surface area (Å²) in [6.07, 6.45) is 39.2. The van der Waals surface area contributed by atoms with Gasteiger partial charge in [-0.3, -0.25) is 18.6 Å². The van der Waals surface area contributed by atoms with Crippen molar-refractivity contribution in [3.05, 3.63) is 0 Å². The van der Waals surface area contributed by atoms with Gasteiger partial charge in [0.1, 0.15) is 6.61 Å². The molecule has 0 aromatic carbocycles. The molecule has 0 aliphatic heterocycles. The van der Waals surface area contributed by atoms with E-state index in [2.05, 4.69) is 18.8 Å². The molecule has 0 bridgehead atoms. The van der Waals surface area contributed by atoms with Gasteiger partial charge in [-0.05, 0) is 12.8 Å². The molecule has 1 unspecified atom stereocenters. The third-order valence-corrected chi connectivity index (χ3v) is 10.9. The first kappa shape index (κ1) is 52.4. The summed E-state index contributed by atoms with van der Waals surface area (Å²) in [6, 6.07) is 0. The molecule has 0 amide bonds. The highest BCUT2D eigenvalue weighted by atomic mass is 31.2. The average Bonchev–Trinajstić information content (AvgIpc) is 3.15. The number of phosphoric ester groups is 1. The van der Waals surface area contributed by atoms with E-state index < -0.39 is 32.5 Å². The van der Waals surface area contributed by atoms with Crippen molar-refractivity contribution in [3.8, 4) is 0 Å². The number of phosphoric acid groups is 1. The van der Waals surface area contributed by atoms with Gasteiger partial charge >= 0.3 is 19.8 Å². The van der Waals surface area contributed by atoms with Crippen LogP contribution in [-0.4, -0.2) is 55.4 Å². The van der Waals surface area contributed by atoms with Gasteiger partial charge in [0.25, 0.3) is 0 Å². The van der Waals surface area contributed by atoms with Gasteiger partial charge in [-0.25, -0.2) is 14.4 Å². The normalized spacial score (nSPS) is 12.9. The van der Waals surface area contributed by atoms with Crippen LogP contribution in [-0.2, 0) is 37.5 Å². The Balaban J connectivity index is 4.22. The lowest BCUT2D eigenvalue weighted by Gasteiger charge is -2.19. The first-order chi connectivity index (χ1) is 26.3. The topological polar surface area (TPSA) is 138 Å². The first-order valence-corrected chi connectivity index (χ1v) is 23.8. The number of esters is 2. The highest BCUT2D eigenvalue weighted by Gasteiger charge is 2.26. The number of nitrogens with zero attached hydrogens (tertiary/aromatic N) is 1. The van der Waals surface area contributed by atoms with Crippen LogP contribution in [0.5, 0.6) is 0 Å². The summed E-state index contributed by atoms with van der Waals surface area (Å²) in [5.41, 5.74) is 0. The summed E-state index contributed by atoms with van der Waals surface area (Å²) < 4.78 is 32.9. The van der Waals surface area contributed by atoms with Gasteiger partial charge in [0, 0.05) is 12.8 Å². The number of ether oxygens (including phenoxy) is 2. The van der Waals surface area contributed by atoms with Crippen LogP contribution < -0.4 is 0 Å². The molecule has 0 saturated heterocycles. The first-order valence-electron chi connectivity index (χ1n) is 22.3. The SMILES string of the molecule is CCCCCCCCCCCCCCCCCCC(=O)OC[C@@H](COP(=O)(O)OCCN=C=O)OC(=O)CCCCCCCCCCCCCCCCC. The molecule has 0 radical (unpaired) electrons. The van der Waals surface area contributed by atoms with Crippen molar-refractivity contribution >= 4 is 25.8 Å². The van der Waals surface area contributed by atoms with E-state index in [1.165, 1.54) is 160 Å². The summed E-state index contributed by atoms with van der Waals surface area (Å²) in [7, 11) is -4.50. The van der Waals surface area contributed by atoms with Gasteiger partial charge in [0.05, 0.1) is 19.8 Å². The van der Waals surface area contributed by atoms with E-state index in [4.69, 9.17) is 18.5 Å². The number of carbonyl (C=O) groups excluding carboxylic acids is 3. The Kier molecular flexibility index (Phi) is 39.9. The second kappa shape index (κ2) is 41.1. The van der Waals surface area contributed by atoms with Crippen LogP contribution in [0.15, 0.2) is 4.99 Å². The highest BCUT2D eigenvalue weighted by Crippen LogP contribution is 2.43. The van der Waals surface area contributed by atoms with Crippen molar-refractivity contribution in [1.82, 2.24) is 0 Å². The average molecular weight is 788 g/mol. The number of rotatable bonds is 43. The Morgan fingerprint density at radius 3 is 1.26 bits per heavy atom. The molecular formula is C43H82NO9P. The van der Waals surface area contributed by atoms with E-state index in [-0.39, 0.29) is 32.6 Å². The fourth-order valence-electron chi connectivity index (χ4n) is 6.54. The largest absolute Gasteiger partial charge is 0.472 e. The van der Waals surface area contributed by atoms with Crippen molar-refractivity contribution < 1.29 is 42.4 Å². The summed E-state index contributed by atoms with van der Waals surface area (Å²) in [5.74, 6) is -0.875. The van der Waals surface area contributed by atoms with Gasteiger partial charge in [0.2, 0.25) is 6.08 Å². The molecule has 0 aromatic rings. The molecule has 11 heteroatoms. The van der Waals surface area contributed by atoms with Crippen LogP contribution in [0.2, 0.25) is 0 Å². The highest BCUT2D eigenvalue weighted by molar-refractivity contribution is 7.47. The standard InChI is InChI=1S/C43H82NO9P/c1-3-5-7-9-11-13-15-17-19-21-22-24-26-28-30-32-34-42(46)50-38-41(39-52-54(48,49)51-37-36-44-40-45)53-43(47)35-33-31-29-27-25-23-20-18-16-14-12-10-8-6-4-2/h41H,3-39H2,1-2H3,(H,48,49)/t41-/m0/s1. The second-order valence-corrected chi connectivity index (χ2v) is 16.6. The smallest absolute Gasteiger partial charge is 0.462 e. The lowest BCUT2D eigenvalue weighted by atomic mass is 10.0. The van der Waals surface area contributed by atoms with Crippen LogP contribution >= 0.6 is 7.82 Å². The molecule has 1 N–H and O–H groups in total. The Morgan fingerprint density at radius 2 is 0.889 bits per heavy atom. The molecule has 2 atom stereocenters. The summed E-state index contributed by atoms with van der Waals surface area (Å²) in [4.78, 5) is 48.5. The van der Waals surface area contributed by atoms with Gasteiger partial charge in [-0.1, -0.05) is 200 Å². The Morgan fingerprint density at radius 1 is 0.537 bits per heavy atom. The molecule has 54 heavy (non-hydrogen) atoms. The maximum absolute atomic E-state index is 12.6. The summed E-state index contributed by atoms with van der Waals surface area (Å²) in [5, 5.41) is 0. The van der Waals surface area contributed by atoms with E-state index >= 15 is 0 Å². The van der Waals surface area contributed by atoms with Crippen LogP contribution in [0.3, 0.4) is 0 Å². The Labute approximate surface area is 330 Å². The molecule has 0 rings (SSSR count). The number of aliphatic imine (C=N–C) groups is 1. The number of carbonyl (C=O) groups is 2. The third-order valence-electron chi connectivity index (χ3n) is 9.89. The van der Waals surface area contributed by atoms with Gasteiger partial charge < -0.3 is 14.4 Å². The lowest BCUT2D eigenvalue weighted by molar-refractivity contribution is -0.161. The molecule has 0 saturated carbocycles. The zero-order valence-corrected chi connectivity index (χ0v) is 35.7. The van der Waals surface area contributed by atoms with Crippen LogP contribution in [0.25, 0.3) is 0 Å². The van der Waals surface area contributed by atoms with Crippen molar-refractivity contribution in [1.29, 1.82) is 0 Å². The molecule has 318 valence electrons. The van der Waals surface area contributed by atoms with E-state index in [9.17, 15) is 23.8 Å². The maximum atomic E-state index is 12.6. The number of unbranched alkanes of at least 4 members (excludes halogenated alkanes) is 29. The fourth-order valence-corrected chi connectivity index (χ4v) is 7.28.